The van der Waals surface area contributed by atoms with Crippen LogP contribution in [0.1, 0.15) is 0 Å². The molecule has 2 amide bonds. The molecular weight excluding hydrogens is 298 g/mol. The van der Waals surface area contributed by atoms with Crippen LogP contribution in [-0.2, 0) is 14.4 Å². The molecule has 1 N–H and O–H groups in total. The smallest absolute Gasteiger partial charge is 0.329 e. The third-order valence-electron chi connectivity index (χ3n) is 2.98. The Balaban J connectivity index is 2.10. The van der Waals surface area contributed by atoms with Crippen LogP contribution < -0.4 is 4.72 Å². The predicted molar refractivity (Wildman–Crippen MR) is 77.5 cm³/mol. The second kappa shape index (κ2) is 6.10. The summed E-state index contributed by atoms with van der Waals surface area (Å²) in [7, 11) is -3.06. The fourth-order valence-electron chi connectivity index (χ4n) is 1.82. The van der Waals surface area contributed by atoms with Crippen LogP contribution >= 0.6 is 0 Å². The van der Waals surface area contributed by atoms with Gasteiger partial charge in [0, 0.05) is 25.2 Å². The van der Waals surface area contributed by atoms with Crippen molar-refractivity contribution in [3.8, 4) is 0 Å². The molecule has 1 atom stereocenters. The number of carbonyl (C=O) groups is 1. The number of non-ortho nitro benzene ring substituents is 1. The van der Waals surface area contributed by atoms with Crippen LogP contribution in [0.2, 0.25) is 0 Å². The summed E-state index contributed by atoms with van der Waals surface area (Å²) >= 11 is 0. The van der Waals surface area contributed by atoms with Gasteiger partial charge in [-0.25, -0.2) is 9.00 Å². The van der Waals surface area contributed by atoms with Gasteiger partial charge in [0.2, 0.25) is 0 Å². The fraction of sp³-hybridized carbons (Fsp3) is 0.333. The lowest BCUT2D eigenvalue weighted by Gasteiger charge is -2.27. The SMILES string of the molecule is C=S(=O)(NC(=O)N1CCOCC1)c1ccc([N+](=O)[O-])cc1. The summed E-state index contributed by atoms with van der Waals surface area (Å²) in [4.78, 5) is 23.7. The van der Waals surface area contributed by atoms with Gasteiger partial charge in [0.15, 0.2) is 0 Å². The molecule has 0 spiro atoms. The van der Waals surface area contributed by atoms with E-state index in [2.05, 4.69) is 10.6 Å². The molecule has 0 aromatic heterocycles. The van der Waals surface area contributed by atoms with Crippen molar-refractivity contribution >= 4 is 27.3 Å². The molecule has 0 radical (unpaired) electrons. The number of amides is 2. The number of morpholine rings is 1. The Kier molecular flexibility index (Phi) is 4.43. The summed E-state index contributed by atoms with van der Waals surface area (Å²) < 4.78 is 19.9. The Morgan fingerprint density at radius 2 is 1.90 bits per heavy atom. The highest BCUT2D eigenvalue weighted by molar-refractivity contribution is 7.99. The van der Waals surface area contributed by atoms with Crippen LogP contribution in [-0.4, -0.2) is 52.2 Å². The zero-order valence-electron chi connectivity index (χ0n) is 11.2. The van der Waals surface area contributed by atoms with Crippen molar-refractivity contribution < 1.29 is 18.7 Å². The van der Waals surface area contributed by atoms with Gasteiger partial charge in [-0.3, -0.25) is 14.8 Å². The summed E-state index contributed by atoms with van der Waals surface area (Å²) in [6.45, 7) is 1.70. The highest BCUT2D eigenvalue weighted by Crippen LogP contribution is 2.15. The summed E-state index contributed by atoms with van der Waals surface area (Å²) in [5, 5.41) is 10.6. The number of rotatable bonds is 3. The van der Waals surface area contributed by atoms with E-state index < -0.39 is 20.7 Å². The molecule has 0 bridgehead atoms. The molecule has 8 nitrogen and oxygen atoms in total. The first-order chi connectivity index (χ1) is 9.90. The van der Waals surface area contributed by atoms with Crippen LogP contribution in [0.4, 0.5) is 10.5 Å². The van der Waals surface area contributed by atoms with E-state index in [0.29, 0.717) is 26.3 Å². The first-order valence-electron chi connectivity index (χ1n) is 6.16. The molecule has 114 valence electrons. The molecule has 1 fully saturated rings. The summed E-state index contributed by atoms with van der Waals surface area (Å²) in [5.41, 5.74) is -0.117. The number of nitrogens with one attached hydrogen (secondary N) is 1. The van der Waals surface area contributed by atoms with Crippen molar-refractivity contribution in [1.29, 1.82) is 0 Å². The lowest BCUT2D eigenvalue weighted by Crippen LogP contribution is -2.47. The number of hydrogen-bond donors (Lipinski definition) is 1. The molecule has 0 saturated carbocycles. The lowest BCUT2D eigenvalue weighted by molar-refractivity contribution is -0.384. The van der Waals surface area contributed by atoms with E-state index in [1.165, 1.54) is 29.2 Å². The minimum atomic E-state index is -3.06. The van der Waals surface area contributed by atoms with Gasteiger partial charge >= 0.3 is 6.03 Å². The summed E-state index contributed by atoms with van der Waals surface area (Å²) in [6, 6.07) is 4.61. The van der Waals surface area contributed by atoms with Crippen LogP contribution in [0.25, 0.3) is 0 Å². The largest absolute Gasteiger partial charge is 0.378 e. The van der Waals surface area contributed by atoms with Crippen LogP contribution in [0.15, 0.2) is 29.2 Å². The first-order valence-corrected chi connectivity index (χ1v) is 7.89. The summed E-state index contributed by atoms with van der Waals surface area (Å²) in [5.74, 6) is 3.52. The van der Waals surface area contributed by atoms with Crippen molar-refractivity contribution in [3.05, 3.63) is 34.4 Å². The maximum absolute atomic E-state index is 12.5. The van der Waals surface area contributed by atoms with Gasteiger partial charge in [0.05, 0.1) is 32.7 Å². The normalized spacial score (nSPS) is 17.8. The Morgan fingerprint density at radius 1 is 1.33 bits per heavy atom. The highest BCUT2D eigenvalue weighted by Gasteiger charge is 2.20. The molecule has 1 saturated heterocycles. The van der Waals surface area contributed by atoms with Crippen molar-refractivity contribution in [2.45, 2.75) is 4.90 Å². The molecular formula is C12H15N3O5S. The Bertz CT molecular complexity index is 635. The molecule has 21 heavy (non-hydrogen) atoms. The minimum absolute atomic E-state index is 0.117. The average molecular weight is 313 g/mol. The topological polar surface area (TPSA) is 102 Å². The molecule has 9 heteroatoms. The van der Waals surface area contributed by atoms with Gasteiger partial charge in [0.1, 0.15) is 0 Å². The Hall–Kier alpha value is -2.13. The standard InChI is InChI=1S/C12H15N3O5S/c1-21(19,11-4-2-10(3-5-11)15(17)18)13-12(16)14-6-8-20-9-7-14/h2-5H,1,6-9H2,(H,13,16,19). The number of ether oxygens (including phenoxy) is 1. The van der Waals surface area contributed by atoms with E-state index in [1.54, 1.807) is 0 Å². The van der Waals surface area contributed by atoms with E-state index in [4.69, 9.17) is 4.74 Å². The Labute approximate surface area is 122 Å². The monoisotopic (exact) mass is 313 g/mol. The fourth-order valence-corrected chi connectivity index (χ4v) is 2.92. The second-order valence-electron chi connectivity index (χ2n) is 4.43. The van der Waals surface area contributed by atoms with Crippen molar-refractivity contribution in [1.82, 2.24) is 9.62 Å². The number of hydrogen-bond acceptors (Lipinski definition) is 5. The molecule has 0 aliphatic carbocycles. The molecule has 1 aliphatic rings. The number of nitrogens with zero attached hydrogens (tertiary/aromatic N) is 2. The first kappa shape index (κ1) is 15.3. The number of benzene rings is 1. The van der Waals surface area contributed by atoms with Gasteiger partial charge in [-0.15, -0.1) is 0 Å². The third-order valence-corrected chi connectivity index (χ3v) is 4.52. The molecule has 1 unspecified atom stereocenters. The van der Waals surface area contributed by atoms with Gasteiger partial charge < -0.3 is 9.64 Å². The average Bonchev–Trinajstić information content (AvgIpc) is 2.48. The quantitative estimate of drug-likeness (QED) is 0.501. The number of nitro groups is 1. The third kappa shape index (κ3) is 3.70. The van der Waals surface area contributed by atoms with E-state index in [1.807, 2.05) is 0 Å². The maximum atomic E-state index is 12.5. The lowest BCUT2D eigenvalue weighted by atomic mass is 10.3. The zero-order chi connectivity index (χ0) is 15.5. The molecule has 1 aliphatic heterocycles. The molecule has 1 aromatic rings. The molecule has 1 aromatic carbocycles. The van der Waals surface area contributed by atoms with Crippen molar-refractivity contribution in [2.75, 3.05) is 26.3 Å². The van der Waals surface area contributed by atoms with E-state index >= 15 is 0 Å². The molecule has 1 heterocycles. The number of nitro benzene ring substituents is 1. The second-order valence-corrected chi connectivity index (χ2v) is 6.46. The van der Waals surface area contributed by atoms with Crippen LogP contribution in [0.5, 0.6) is 0 Å². The predicted octanol–water partition coefficient (Wildman–Crippen LogP) is 0.627. The van der Waals surface area contributed by atoms with Gasteiger partial charge in [-0.2, -0.15) is 0 Å². The number of carbonyl (C=O) groups excluding carboxylic acids is 1. The Morgan fingerprint density at radius 3 is 2.43 bits per heavy atom. The van der Waals surface area contributed by atoms with Crippen LogP contribution in [0, 0.1) is 10.1 Å². The van der Waals surface area contributed by atoms with Crippen molar-refractivity contribution in [2.24, 2.45) is 0 Å². The van der Waals surface area contributed by atoms with E-state index in [0.717, 1.165) is 0 Å². The molecule has 2 rings (SSSR count). The van der Waals surface area contributed by atoms with Gasteiger partial charge in [-0.05, 0) is 18.0 Å². The minimum Gasteiger partial charge on any atom is -0.378 e. The van der Waals surface area contributed by atoms with Crippen molar-refractivity contribution in [3.63, 3.8) is 0 Å². The maximum Gasteiger partial charge on any atom is 0.329 e. The summed E-state index contributed by atoms with van der Waals surface area (Å²) in [6.07, 6.45) is 0. The van der Waals surface area contributed by atoms with Crippen LogP contribution in [0.3, 0.4) is 0 Å². The van der Waals surface area contributed by atoms with Gasteiger partial charge in [-0.1, -0.05) is 0 Å². The highest BCUT2D eigenvalue weighted by atomic mass is 32.2. The number of urea groups is 1. The zero-order valence-corrected chi connectivity index (χ0v) is 12.0. The van der Waals surface area contributed by atoms with E-state index in [9.17, 15) is 19.1 Å². The van der Waals surface area contributed by atoms with E-state index in [-0.39, 0.29) is 10.6 Å². The van der Waals surface area contributed by atoms with Gasteiger partial charge in [0.25, 0.3) is 5.69 Å².